The fraction of sp³-hybridized carbons (Fsp3) is 0.500. The van der Waals surface area contributed by atoms with Crippen molar-refractivity contribution in [2.45, 2.75) is 25.0 Å². The Morgan fingerprint density at radius 3 is 2.70 bits per heavy atom. The molecule has 3 rings (SSSR count). The minimum absolute atomic E-state index is 0.240. The van der Waals surface area contributed by atoms with Crippen LogP contribution in [-0.2, 0) is 12.1 Å². The van der Waals surface area contributed by atoms with Crippen molar-refractivity contribution in [3.8, 4) is 11.9 Å². The van der Waals surface area contributed by atoms with E-state index in [1.54, 1.807) is 24.6 Å². The average molecular weight is 335 g/mol. The number of nitrogens with zero attached hydrogens (tertiary/aromatic N) is 3. The number of ether oxygens (including phenoxy) is 2. The van der Waals surface area contributed by atoms with E-state index in [-0.39, 0.29) is 6.01 Å². The highest BCUT2D eigenvalue weighted by molar-refractivity contribution is 7.09. The Morgan fingerprint density at radius 1 is 1.30 bits per heavy atom. The number of rotatable bonds is 5. The molecule has 7 heteroatoms. The summed E-state index contributed by atoms with van der Waals surface area (Å²) in [6.07, 6.45) is 2.87. The Bertz CT molecular complexity index is 640. The molecule has 1 saturated heterocycles. The van der Waals surface area contributed by atoms with E-state index in [1.807, 2.05) is 0 Å². The molecule has 0 radical (unpaired) electrons. The van der Waals surface area contributed by atoms with Gasteiger partial charge in [-0.25, -0.2) is 4.98 Å². The summed E-state index contributed by atoms with van der Waals surface area (Å²) in [6.45, 7) is 2.58. The molecule has 1 aliphatic rings. The molecular weight excluding hydrogens is 314 g/mol. The molecule has 0 aliphatic carbocycles. The van der Waals surface area contributed by atoms with Crippen molar-refractivity contribution in [2.75, 3.05) is 27.3 Å². The molecule has 6 nitrogen and oxygen atoms in total. The van der Waals surface area contributed by atoms with E-state index < -0.39 is 5.60 Å². The van der Waals surface area contributed by atoms with Crippen LogP contribution in [0.5, 0.6) is 11.9 Å². The number of aliphatic hydroxyl groups is 1. The van der Waals surface area contributed by atoms with Crippen LogP contribution in [-0.4, -0.2) is 47.3 Å². The van der Waals surface area contributed by atoms with Gasteiger partial charge < -0.3 is 14.6 Å². The van der Waals surface area contributed by atoms with Gasteiger partial charge >= 0.3 is 6.01 Å². The third-order valence-electron chi connectivity index (χ3n) is 4.25. The third kappa shape index (κ3) is 3.46. The summed E-state index contributed by atoms with van der Waals surface area (Å²) in [5.74, 6) is 0.381. The maximum atomic E-state index is 11.0. The minimum atomic E-state index is -0.955. The lowest BCUT2D eigenvalue weighted by Gasteiger charge is -2.38. The predicted octanol–water partition coefficient (Wildman–Crippen LogP) is 2.04. The van der Waals surface area contributed by atoms with E-state index in [1.165, 1.54) is 12.0 Å². The zero-order chi connectivity index (χ0) is 16.3. The van der Waals surface area contributed by atoms with Gasteiger partial charge in [0.05, 0.1) is 25.4 Å². The van der Waals surface area contributed by atoms with Gasteiger partial charge in [-0.3, -0.25) is 4.90 Å². The van der Waals surface area contributed by atoms with Gasteiger partial charge in [0.25, 0.3) is 0 Å². The second-order valence-electron chi connectivity index (χ2n) is 5.67. The molecule has 2 aromatic heterocycles. The van der Waals surface area contributed by atoms with E-state index >= 15 is 0 Å². The van der Waals surface area contributed by atoms with Gasteiger partial charge in [0.2, 0.25) is 5.88 Å². The maximum absolute atomic E-state index is 11.0. The summed E-state index contributed by atoms with van der Waals surface area (Å²) >= 11 is 1.76. The van der Waals surface area contributed by atoms with Crippen molar-refractivity contribution in [3.05, 3.63) is 34.2 Å². The van der Waals surface area contributed by atoms with Gasteiger partial charge in [-0.1, -0.05) is 6.07 Å². The number of hydrogen-bond acceptors (Lipinski definition) is 7. The summed E-state index contributed by atoms with van der Waals surface area (Å²) in [4.78, 5) is 12.0. The van der Waals surface area contributed by atoms with Crippen LogP contribution in [0.3, 0.4) is 0 Å². The van der Waals surface area contributed by atoms with Gasteiger partial charge in [-0.15, -0.1) is 11.3 Å². The summed E-state index contributed by atoms with van der Waals surface area (Å²) < 4.78 is 10.3. The Balaban J connectivity index is 1.71. The number of hydrogen-bond donors (Lipinski definition) is 1. The standard InChI is InChI=1S/C16H21N3O3S/c1-21-14-13(10-17-15(18-14)22-2)16(20)5-7-19(8-6-16)11-12-4-3-9-23-12/h3-4,9-10,20H,5-8,11H2,1-2H3. The van der Waals surface area contributed by atoms with E-state index in [0.29, 0.717) is 24.3 Å². The van der Waals surface area contributed by atoms with Crippen LogP contribution in [0, 0.1) is 0 Å². The molecule has 124 valence electrons. The molecule has 0 spiro atoms. The average Bonchev–Trinajstić information content (AvgIpc) is 3.09. The molecule has 0 aromatic carbocycles. The maximum Gasteiger partial charge on any atom is 0.319 e. The Kier molecular flexibility index (Phi) is 4.79. The van der Waals surface area contributed by atoms with E-state index in [2.05, 4.69) is 32.4 Å². The van der Waals surface area contributed by atoms with Crippen molar-refractivity contribution in [1.29, 1.82) is 0 Å². The second kappa shape index (κ2) is 6.82. The van der Waals surface area contributed by atoms with Crippen LogP contribution in [0.2, 0.25) is 0 Å². The van der Waals surface area contributed by atoms with Crippen molar-refractivity contribution in [2.24, 2.45) is 0 Å². The highest BCUT2D eigenvalue weighted by atomic mass is 32.1. The molecule has 0 unspecified atom stereocenters. The molecular formula is C16H21N3O3S. The lowest BCUT2D eigenvalue weighted by atomic mass is 9.85. The third-order valence-corrected chi connectivity index (χ3v) is 5.11. The zero-order valence-electron chi connectivity index (χ0n) is 13.4. The summed E-state index contributed by atoms with van der Waals surface area (Å²) in [5.41, 5.74) is -0.319. The number of methoxy groups -OCH3 is 2. The number of piperidine rings is 1. The van der Waals surface area contributed by atoms with Crippen LogP contribution in [0.15, 0.2) is 23.7 Å². The number of aromatic nitrogens is 2. The first-order valence-electron chi connectivity index (χ1n) is 7.57. The summed E-state index contributed by atoms with van der Waals surface area (Å²) in [6, 6.07) is 4.45. The van der Waals surface area contributed by atoms with Crippen molar-refractivity contribution in [3.63, 3.8) is 0 Å². The highest BCUT2D eigenvalue weighted by Gasteiger charge is 2.37. The van der Waals surface area contributed by atoms with Gasteiger partial charge in [0.15, 0.2) is 0 Å². The minimum Gasteiger partial charge on any atom is -0.481 e. The molecule has 1 aliphatic heterocycles. The second-order valence-corrected chi connectivity index (χ2v) is 6.70. The van der Waals surface area contributed by atoms with Gasteiger partial charge in [-0.05, 0) is 24.3 Å². The first-order valence-corrected chi connectivity index (χ1v) is 8.45. The van der Waals surface area contributed by atoms with Crippen LogP contribution < -0.4 is 9.47 Å². The Morgan fingerprint density at radius 2 is 2.09 bits per heavy atom. The lowest BCUT2D eigenvalue weighted by molar-refractivity contribution is -0.0298. The van der Waals surface area contributed by atoms with Crippen LogP contribution in [0.4, 0.5) is 0 Å². The van der Waals surface area contributed by atoms with E-state index in [4.69, 9.17) is 9.47 Å². The number of likely N-dealkylation sites (tertiary alicyclic amines) is 1. The summed E-state index contributed by atoms with van der Waals surface area (Å²) in [7, 11) is 3.05. The van der Waals surface area contributed by atoms with Gasteiger partial charge in [-0.2, -0.15) is 4.98 Å². The van der Waals surface area contributed by atoms with Crippen molar-refractivity contribution >= 4 is 11.3 Å². The summed E-state index contributed by atoms with van der Waals surface area (Å²) in [5, 5.41) is 13.1. The van der Waals surface area contributed by atoms with E-state index in [0.717, 1.165) is 19.6 Å². The quantitative estimate of drug-likeness (QED) is 0.902. The van der Waals surface area contributed by atoms with Gasteiger partial charge in [0.1, 0.15) is 0 Å². The Labute approximate surface area is 139 Å². The first kappa shape index (κ1) is 16.2. The van der Waals surface area contributed by atoms with E-state index in [9.17, 15) is 5.11 Å². The molecule has 1 N–H and O–H groups in total. The highest BCUT2D eigenvalue weighted by Crippen LogP contribution is 2.37. The molecule has 0 amide bonds. The predicted molar refractivity (Wildman–Crippen MR) is 87.9 cm³/mol. The molecule has 23 heavy (non-hydrogen) atoms. The lowest BCUT2D eigenvalue weighted by Crippen LogP contribution is -2.42. The molecule has 0 atom stereocenters. The topological polar surface area (TPSA) is 67.7 Å². The smallest absolute Gasteiger partial charge is 0.319 e. The fourth-order valence-electron chi connectivity index (χ4n) is 2.90. The molecule has 1 fully saturated rings. The molecule has 2 aromatic rings. The first-order chi connectivity index (χ1) is 11.1. The molecule has 0 saturated carbocycles. The Hall–Kier alpha value is -1.70. The van der Waals surface area contributed by atoms with Gasteiger partial charge in [0, 0.05) is 30.7 Å². The number of thiophene rings is 1. The molecule has 0 bridgehead atoms. The van der Waals surface area contributed by atoms with Crippen LogP contribution in [0.25, 0.3) is 0 Å². The molecule has 3 heterocycles. The normalized spacial score (nSPS) is 17.9. The van der Waals surface area contributed by atoms with Crippen molar-refractivity contribution < 1.29 is 14.6 Å². The van der Waals surface area contributed by atoms with Crippen LogP contribution >= 0.6 is 11.3 Å². The SMILES string of the molecule is COc1ncc(C2(O)CCN(Cc3cccs3)CC2)c(OC)n1. The monoisotopic (exact) mass is 335 g/mol. The van der Waals surface area contributed by atoms with Crippen LogP contribution in [0.1, 0.15) is 23.3 Å². The fourth-order valence-corrected chi connectivity index (χ4v) is 3.64. The van der Waals surface area contributed by atoms with Crippen molar-refractivity contribution in [1.82, 2.24) is 14.9 Å². The zero-order valence-corrected chi connectivity index (χ0v) is 14.2. The largest absolute Gasteiger partial charge is 0.481 e.